The fourth-order valence-corrected chi connectivity index (χ4v) is 2.52. The Kier molecular flexibility index (Phi) is 3.41. The van der Waals surface area contributed by atoms with Gasteiger partial charge in [-0.1, -0.05) is 15.9 Å². The van der Waals surface area contributed by atoms with Crippen LogP contribution in [0.1, 0.15) is 12.8 Å². The second-order valence-electron chi connectivity index (χ2n) is 3.83. The number of hydrogen-bond donors (Lipinski definition) is 1. The minimum Gasteiger partial charge on any atom is -0.352 e. The fourth-order valence-electron chi connectivity index (χ4n) is 1.87. The summed E-state index contributed by atoms with van der Waals surface area (Å²) < 4.78 is 0. The zero-order valence-electron chi connectivity index (χ0n) is 8.45. The number of anilines is 1. The van der Waals surface area contributed by atoms with Crippen LogP contribution in [-0.2, 0) is 0 Å². The van der Waals surface area contributed by atoms with E-state index in [9.17, 15) is 4.79 Å². The van der Waals surface area contributed by atoms with Gasteiger partial charge in [0.2, 0.25) is 0 Å². The highest BCUT2D eigenvalue weighted by Gasteiger charge is 2.20. The van der Waals surface area contributed by atoms with Crippen LogP contribution in [0, 0.1) is 5.92 Å². The summed E-state index contributed by atoms with van der Waals surface area (Å²) in [6.45, 7) is 1.85. The molecule has 15 heavy (non-hydrogen) atoms. The van der Waals surface area contributed by atoms with Gasteiger partial charge in [0.05, 0.1) is 0 Å². The Hall–Kier alpha value is -0.840. The largest absolute Gasteiger partial charge is 0.352 e. The lowest BCUT2D eigenvalue weighted by atomic mass is 9.99. The number of aromatic amines is 1. The molecule has 0 atom stereocenters. The first kappa shape index (κ1) is 10.7. The third-order valence-electron chi connectivity index (χ3n) is 2.82. The molecular formula is C10H14BrN3O. The molecule has 0 unspecified atom stereocenters. The maximum absolute atomic E-state index is 11.5. The van der Waals surface area contributed by atoms with Crippen LogP contribution in [0.3, 0.4) is 0 Å². The van der Waals surface area contributed by atoms with Gasteiger partial charge >= 0.3 is 0 Å². The molecular weight excluding hydrogens is 258 g/mol. The van der Waals surface area contributed by atoms with Gasteiger partial charge in [-0.2, -0.15) is 0 Å². The molecule has 2 rings (SSSR count). The molecule has 1 aliphatic heterocycles. The van der Waals surface area contributed by atoms with Gasteiger partial charge in [0, 0.05) is 30.8 Å². The number of halogens is 1. The highest BCUT2D eigenvalue weighted by molar-refractivity contribution is 9.09. The molecule has 1 aliphatic rings. The van der Waals surface area contributed by atoms with Crippen molar-refractivity contribution in [3.8, 4) is 0 Å². The number of hydrogen-bond acceptors (Lipinski definition) is 3. The zero-order chi connectivity index (χ0) is 10.7. The van der Waals surface area contributed by atoms with E-state index < -0.39 is 0 Å². The average Bonchev–Trinajstić information content (AvgIpc) is 2.30. The van der Waals surface area contributed by atoms with Gasteiger partial charge in [-0.05, 0) is 18.8 Å². The third kappa shape index (κ3) is 2.40. The molecule has 1 N–H and O–H groups in total. The number of aromatic nitrogens is 2. The molecule has 0 amide bonds. The van der Waals surface area contributed by atoms with Crippen molar-refractivity contribution < 1.29 is 0 Å². The van der Waals surface area contributed by atoms with Crippen molar-refractivity contribution in [2.24, 2.45) is 5.92 Å². The normalized spacial score (nSPS) is 18.1. The smallest absolute Gasteiger partial charge is 0.290 e. The molecule has 4 nitrogen and oxygen atoms in total. The molecule has 1 aromatic heterocycles. The monoisotopic (exact) mass is 271 g/mol. The predicted molar refractivity (Wildman–Crippen MR) is 63.6 cm³/mol. The molecule has 0 spiro atoms. The summed E-state index contributed by atoms with van der Waals surface area (Å²) >= 11 is 3.50. The van der Waals surface area contributed by atoms with Crippen molar-refractivity contribution >= 4 is 21.7 Å². The summed E-state index contributed by atoms with van der Waals surface area (Å²) in [5.74, 6) is 1.30. The predicted octanol–water partition coefficient (Wildman–Crippen LogP) is 1.38. The van der Waals surface area contributed by atoms with Crippen LogP contribution in [0.25, 0.3) is 0 Å². The minimum absolute atomic E-state index is 0.0882. The van der Waals surface area contributed by atoms with Crippen molar-refractivity contribution in [2.45, 2.75) is 12.8 Å². The first-order valence-corrected chi connectivity index (χ1v) is 6.28. The molecule has 0 radical (unpaired) electrons. The summed E-state index contributed by atoms with van der Waals surface area (Å²) in [5.41, 5.74) is -0.0882. The van der Waals surface area contributed by atoms with Crippen LogP contribution in [0.15, 0.2) is 17.2 Å². The van der Waals surface area contributed by atoms with Crippen LogP contribution < -0.4 is 10.5 Å². The van der Waals surface area contributed by atoms with E-state index in [0.29, 0.717) is 5.82 Å². The van der Waals surface area contributed by atoms with Crippen molar-refractivity contribution in [3.05, 3.63) is 22.7 Å². The van der Waals surface area contributed by atoms with E-state index in [2.05, 4.69) is 30.8 Å². The van der Waals surface area contributed by atoms with E-state index in [-0.39, 0.29) is 5.56 Å². The summed E-state index contributed by atoms with van der Waals surface area (Å²) in [7, 11) is 0. The molecule has 0 aromatic carbocycles. The Balaban J connectivity index is 2.08. The SMILES string of the molecule is O=c1[nH]ccnc1N1CCC(CBr)CC1. The molecule has 82 valence electrons. The quantitative estimate of drug-likeness (QED) is 0.827. The van der Waals surface area contributed by atoms with Gasteiger partial charge in [0.25, 0.3) is 5.56 Å². The Bertz CT molecular complexity index is 371. The lowest BCUT2D eigenvalue weighted by molar-refractivity contribution is 0.444. The van der Waals surface area contributed by atoms with Gasteiger partial charge in [-0.15, -0.1) is 0 Å². The average molecular weight is 272 g/mol. The molecule has 0 aliphatic carbocycles. The van der Waals surface area contributed by atoms with Crippen molar-refractivity contribution in [1.29, 1.82) is 0 Å². The van der Waals surface area contributed by atoms with Crippen molar-refractivity contribution in [3.63, 3.8) is 0 Å². The second kappa shape index (κ2) is 4.79. The number of nitrogens with one attached hydrogen (secondary N) is 1. The van der Waals surface area contributed by atoms with Crippen molar-refractivity contribution in [2.75, 3.05) is 23.3 Å². The van der Waals surface area contributed by atoms with Crippen LogP contribution in [0.4, 0.5) is 5.82 Å². The maximum atomic E-state index is 11.5. The number of alkyl halides is 1. The summed E-state index contributed by atoms with van der Waals surface area (Å²) in [4.78, 5) is 20.3. The first-order valence-electron chi connectivity index (χ1n) is 5.16. The van der Waals surface area contributed by atoms with E-state index in [4.69, 9.17) is 0 Å². The Labute approximate surface area is 96.8 Å². The molecule has 2 heterocycles. The molecule has 0 bridgehead atoms. The van der Waals surface area contributed by atoms with Crippen LogP contribution in [-0.4, -0.2) is 28.4 Å². The number of rotatable bonds is 2. The number of nitrogens with zero attached hydrogens (tertiary/aromatic N) is 2. The van der Waals surface area contributed by atoms with Crippen molar-refractivity contribution in [1.82, 2.24) is 9.97 Å². The van der Waals surface area contributed by atoms with Crippen LogP contribution >= 0.6 is 15.9 Å². The number of piperidine rings is 1. The lowest BCUT2D eigenvalue weighted by Gasteiger charge is -2.31. The molecule has 1 aromatic rings. The van der Waals surface area contributed by atoms with Gasteiger partial charge in [0.1, 0.15) is 0 Å². The molecule has 1 fully saturated rings. The highest BCUT2D eigenvalue weighted by Crippen LogP contribution is 2.20. The fraction of sp³-hybridized carbons (Fsp3) is 0.600. The molecule has 0 saturated carbocycles. The summed E-state index contributed by atoms with van der Waals surface area (Å²) in [6.07, 6.45) is 5.45. The number of H-pyrrole nitrogens is 1. The standard InChI is InChI=1S/C10H14BrN3O/c11-7-8-1-5-14(6-2-8)9-10(15)13-4-3-12-9/h3-4,8H,1-2,5-7H2,(H,13,15). The lowest BCUT2D eigenvalue weighted by Crippen LogP contribution is -2.37. The van der Waals surface area contributed by atoms with Gasteiger partial charge < -0.3 is 9.88 Å². The Morgan fingerprint density at radius 3 is 2.87 bits per heavy atom. The first-order chi connectivity index (χ1) is 7.31. The maximum Gasteiger partial charge on any atom is 0.290 e. The van der Waals surface area contributed by atoms with Gasteiger partial charge in [-0.3, -0.25) is 4.79 Å². The third-order valence-corrected chi connectivity index (χ3v) is 3.74. The van der Waals surface area contributed by atoms with E-state index >= 15 is 0 Å². The van der Waals surface area contributed by atoms with Crippen LogP contribution in [0.5, 0.6) is 0 Å². The molecule has 1 saturated heterocycles. The summed E-state index contributed by atoms with van der Waals surface area (Å²) in [5, 5.41) is 1.05. The van der Waals surface area contributed by atoms with Gasteiger partial charge in [0.15, 0.2) is 5.82 Å². The Morgan fingerprint density at radius 1 is 1.53 bits per heavy atom. The molecule has 5 heteroatoms. The highest BCUT2D eigenvalue weighted by atomic mass is 79.9. The minimum atomic E-state index is -0.0882. The second-order valence-corrected chi connectivity index (χ2v) is 4.47. The van der Waals surface area contributed by atoms with E-state index in [1.165, 1.54) is 0 Å². The van der Waals surface area contributed by atoms with E-state index in [1.54, 1.807) is 12.4 Å². The van der Waals surface area contributed by atoms with Gasteiger partial charge in [-0.25, -0.2) is 4.98 Å². The summed E-state index contributed by atoms with van der Waals surface area (Å²) in [6, 6.07) is 0. The topological polar surface area (TPSA) is 49.0 Å². The zero-order valence-corrected chi connectivity index (χ0v) is 10.0. The van der Waals surface area contributed by atoms with E-state index in [0.717, 1.165) is 37.2 Å². The van der Waals surface area contributed by atoms with Crippen LogP contribution in [0.2, 0.25) is 0 Å². The Morgan fingerprint density at radius 2 is 2.27 bits per heavy atom. The van der Waals surface area contributed by atoms with E-state index in [1.807, 2.05) is 0 Å².